The van der Waals surface area contributed by atoms with Gasteiger partial charge in [-0.05, 0) is 36.2 Å². The van der Waals surface area contributed by atoms with E-state index in [0.717, 1.165) is 37.9 Å². The zero-order valence-corrected chi connectivity index (χ0v) is 19.7. The Morgan fingerprint density at radius 2 is 1.94 bits per heavy atom. The summed E-state index contributed by atoms with van der Waals surface area (Å²) < 4.78 is 1.88. The summed E-state index contributed by atoms with van der Waals surface area (Å²) in [6.45, 7) is 1.98. The quantitative estimate of drug-likeness (QED) is 0.340. The number of carbonyl (C=O) groups excluding carboxylic acids is 1. The lowest BCUT2D eigenvalue weighted by Crippen LogP contribution is -2.13. The molecule has 4 aromatic heterocycles. The molecule has 6 rings (SSSR count). The zero-order chi connectivity index (χ0) is 23.2. The van der Waals surface area contributed by atoms with Crippen LogP contribution >= 0.6 is 22.7 Å². The normalized spacial score (nSPS) is 11.4. The number of pyridine rings is 1. The molecule has 9 heteroatoms. The van der Waals surface area contributed by atoms with Crippen LogP contribution < -0.4 is 11.1 Å². The third-order valence-corrected chi connectivity index (χ3v) is 7.65. The molecule has 0 aliphatic rings. The smallest absolute Gasteiger partial charge is 0.258 e. The van der Waals surface area contributed by atoms with E-state index in [1.165, 1.54) is 23.2 Å². The predicted molar refractivity (Wildman–Crippen MR) is 139 cm³/mol. The van der Waals surface area contributed by atoms with Gasteiger partial charge in [0.25, 0.3) is 5.91 Å². The molecule has 7 nitrogen and oxygen atoms in total. The van der Waals surface area contributed by atoms with Crippen LogP contribution in [-0.2, 0) is 6.42 Å². The van der Waals surface area contributed by atoms with Gasteiger partial charge in [-0.1, -0.05) is 18.2 Å². The second kappa shape index (κ2) is 8.12. The van der Waals surface area contributed by atoms with Gasteiger partial charge in [0, 0.05) is 28.8 Å². The first-order valence-corrected chi connectivity index (χ1v) is 12.3. The Bertz CT molecular complexity index is 1720. The molecule has 0 spiro atoms. The Morgan fingerprint density at radius 1 is 1.03 bits per heavy atom. The summed E-state index contributed by atoms with van der Waals surface area (Å²) in [6, 6.07) is 12.3. The maximum atomic E-state index is 13.2. The maximum absolute atomic E-state index is 13.2. The molecule has 2 aromatic carbocycles. The minimum absolute atomic E-state index is 0.228. The Balaban J connectivity index is 1.38. The highest BCUT2D eigenvalue weighted by Gasteiger charge is 2.18. The number of thiazole rings is 1. The van der Waals surface area contributed by atoms with Crippen LogP contribution in [0.3, 0.4) is 0 Å². The van der Waals surface area contributed by atoms with E-state index in [0.29, 0.717) is 28.0 Å². The third kappa shape index (κ3) is 3.46. The summed E-state index contributed by atoms with van der Waals surface area (Å²) in [4.78, 5) is 30.6. The monoisotopic (exact) mass is 482 g/mol. The van der Waals surface area contributed by atoms with Gasteiger partial charge < -0.3 is 11.1 Å². The lowest BCUT2D eigenvalue weighted by Gasteiger charge is -2.14. The minimum Gasteiger partial charge on any atom is -0.382 e. The van der Waals surface area contributed by atoms with Crippen molar-refractivity contribution in [2.75, 3.05) is 11.1 Å². The topological polar surface area (TPSA) is 107 Å². The van der Waals surface area contributed by atoms with Crippen molar-refractivity contribution < 1.29 is 4.79 Å². The van der Waals surface area contributed by atoms with Crippen LogP contribution in [-0.4, -0.2) is 25.8 Å². The highest BCUT2D eigenvalue weighted by Crippen LogP contribution is 2.32. The van der Waals surface area contributed by atoms with Gasteiger partial charge in [-0.15, -0.1) is 22.7 Å². The zero-order valence-electron chi connectivity index (χ0n) is 18.1. The molecule has 166 valence electrons. The average molecular weight is 483 g/mol. The largest absolute Gasteiger partial charge is 0.382 e. The van der Waals surface area contributed by atoms with Gasteiger partial charge in [0.15, 0.2) is 0 Å². The number of anilines is 2. The van der Waals surface area contributed by atoms with E-state index in [9.17, 15) is 4.79 Å². The molecular formula is C25H18N6OS2. The number of thiophene rings is 1. The SMILES string of the molecule is Cc1ccc2c(Cc3ccc4ncsc4c3)nccc2c1NC(=O)c1csc2c(N)ncnc12. The van der Waals surface area contributed by atoms with E-state index >= 15 is 0 Å². The molecule has 0 aliphatic heterocycles. The number of rotatable bonds is 4. The molecule has 3 N–H and O–H groups in total. The van der Waals surface area contributed by atoms with Crippen LogP contribution in [0.1, 0.15) is 27.2 Å². The highest BCUT2D eigenvalue weighted by atomic mass is 32.1. The van der Waals surface area contributed by atoms with Crippen molar-refractivity contribution in [3.8, 4) is 0 Å². The molecule has 0 fully saturated rings. The van der Waals surface area contributed by atoms with Crippen LogP contribution in [0.4, 0.5) is 11.5 Å². The Hall–Kier alpha value is -3.95. The van der Waals surface area contributed by atoms with E-state index in [1.807, 2.05) is 30.6 Å². The molecule has 0 aliphatic carbocycles. The number of hydrogen-bond acceptors (Lipinski definition) is 8. The summed E-state index contributed by atoms with van der Waals surface area (Å²) in [5, 5.41) is 6.84. The summed E-state index contributed by atoms with van der Waals surface area (Å²) in [7, 11) is 0. The van der Waals surface area contributed by atoms with Crippen LogP contribution in [0.25, 0.3) is 31.2 Å². The summed E-state index contributed by atoms with van der Waals surface area (Å²) >= 11 is 3.00. The van der Waals surface area contributed by atoms with Crippen molar-refractivity contribution in [2.45, 2.75) is 13.3 Å². The van der Waals surface area contributed by atoms with Crippen molar-refractivity contribution >= 4 is 71.3 Å². The Labute approximate surface area is 202 Å². The fourth-order valence-electron chi connectivity index (χ4n) is 4.15. The number of nitrogens with one attached hydrogen (secondary N) is 1. The number of amides is 1. The average Bonchev–Trinajstić information content (AvgIpc) is 3.48. The molecular weight excluding hydrogens is 464 g/mol. The molecule has 0 radical (unpaired) electrons. The summed E-state index contributed by atoms with van der Waals surface area (Å²) in [5.74, 6) is 0.150. The van der Waals surface area contributed by atoms with E-state index in [4.69, 9.17) is 5.73 Å². The first-order valence-electron chi connectivity index (χ1n) is 10.6. The lowest BCUT2D eigenvalue weighted by atomic mass is 10.00. The molecule has 0 unspecified atom stereocenters. The fraction of sp³-hybridized carbons (Fsp3) is 0.0800. The van der Waals surface area contributed by atoms with Gasteiger partial charge in [-0.2, -0.15) is 0 Å². The van der Waals surface area contributed by atoms with Crippen molar-refractivity contribution in [1.82, 2.24) is 19.9 Å². The first-order chi connectivity index (χ1) is 16.6. The van der Waals surface area contributed by atoms with Gasteiger partial charge in [0.1, 0.15) is 12.1 Å². The number of fused-ring (bicyclic) bond motifs is 3. The van der Waals surface area contributed by atoms with Crippen molar-refractivity contribution in [3.05, 3.63) is 82.2 Å². The molecule has 34 heavy (non-hydrogen) atoms. The predicted octanol–water partition coefficient (Wildman–Crippen LogP) is 5.58. The number of nitrogens with two attached hydrogens (primary N) is 1. The summed E-state index contributed by atoms with van der Waals surface area (Å²) in [5.41, 5.74) is 13.7. The number of benzene rings is 2. The highest BCUT2D eigenvalue weighted by molar-refractivity contribution is 7.18. The molecule has 4 heterocycles. The molecule has 0 saturated carbocycles. The van der Waals surface area contributed by atoms with Crippen molar-refractivity contribution in [3.63, 3.8) is 0 Å². The van der Waals surface area contributed by atoms with Gasteiger partial charge >= 0.3 is 0 Å². The Morgan fingerprint density at radius 3 is 2.85 bits per heavy atom. The first kappa shape index (κ1) is 20.6. The number of hydrogen-bond donors (Lipinski definition) is 2. The number of aryl methyl sites for hydroxylation is 1. The van der Waals surface area contributed by atoms with E-state index < -0.39 is 0 Å². The molecule has 1 amide bonds. The number of nitrogens with zero attached hydrogens (tertiary/aromatic N) is 4. The molecule has 0 atom stereocenters. The van der Waals surface area contributed by atoms with E-state index in [1.54, 1.807) is 22.9 Å². The number of carbonyl (C=O) groups is 1. The number of nitrogen functional groups attached to an aromatic ring is 1. The van der Waals surface area contributed by atoms with Crippen LogP contribution in [0, 0.1) is 6.92 Å². The van der Waals surface area contributed by atoms with Crippen molar-refractivity contribution in [2.24, 2.45) is 0 Å². The van der Waals surface area contributed by atoms with Gasteiger partial charge in [-0.3, -0.25) is 9.78 Å². The van der Waals surface area contributed by atoms with E-state index in [-0.39, 0.29) is 5.91 Å². The van der Waals surface area contributed by atoms with Gasteiger partial charge in [-0.25, -0.2) is 15.0 Å². The lowest BCUT2D eigenvalue weighted by molar-refractivity contribution is 0.102. The minimum atomic E-state index is -0.228. The standard InChI is InChI=1S/C25H18N6OS2/c1-13-2-4-15-16(6-7-27-19(15)8-14-3-5-18-20(9-14)34-12-30-18)21(13)31-25(32)17-10-33-23-22(17)28-11-29-24(23)26/h2-7,9-12H,8H2,1H3,(H,31,32)(H2,26,28,29). The second-order valence-electron chi connectivity index (χ2n) is 7.98. The third-order valence-electron chi connectivity index (χ3n) is 5.87. The molecule has 0 saturated heterocycles. The van der Waals surface area contributed by atoms with Gasteiger partial charge in [0.05, 0.1) is 42.9 Å². The van der Waals surface area contributed by atoms with Crippen LogP contribution in [0.2, 0.25) is 0 Å². The Kier molecular flexibility index (Phi) is 4.93. The van der Waals surface area contributed by atoms with Crippen LogP contribution in [0.5, 0.6) is 0 Å². The number of aromatic nitrogens is 4. The molecule has 6 aromatic rings. The van der Waals surface area contributed by atoms with Crippen LogP contribution in [0.15, 0.2) is 59.8 Å². The fourth-order valence-corrected chi connectivity index (χ4v) is 5.79. The molecule has 0 bridgehead atoms. The van der Waals surface area contributed by atoms with Crippen molar-refractivity contribution in [1.29, 1.82) is 0 Å². The van der Waals surface area contributed by atoms with E-state index in [2.05, 4.69) is 43.5 Å². The summed E-state index contributed by atoms with van der Waals surface area (Å²) in [6.07, 6.45) is 3.87. The van der Waals surface area contributed by atoms with Gasteiger partial charge in [0.2, 0.25) is 0 Å². The second-order valence-corrected chi connectivity index (χ2v) is 9.75. The maximum Gasteiger partial charge on any atom is 0.258 e.